The second-order valence-corrected chi connectivity index (χ2v) is 4.39. The molecule has 1 aromatic rings. The third-order valence-corrected chi connectivity index (χ3v) is 2.58. The predicted molar refractivity (Wildman–Crippen MR) is 67.2 cm³/mol. The van der Waals surface area contributed by atoms with Crippen LogP contribution in [0, 0.1) is 0 Å². The largest absolute Gasteiger partial charge is 0.382 e. The van der Waals surface area contributed by atoms with Gasteiger partial charge in [0, 0.05) is 25.3 Å². The van der Waals surface area contributed by atoms with Crippen molar-refractivity contribution in [1.82, 2.24) is 14.7 Å². The Morgan fingerprint density at radius 3 is 2.76 bits per heavy atom. The Morgan fingerprint density at radius 1 is 1.59 bits per heavy atom. The monoisotopic (exact) mass is 239 g/mol. The molecule has 0 bridgehead atoms. The van der Waals surface area contributed by atoms with Crippen LogP contribution in [0.15, 0.2) is 12.3 Å². The number of hydrogen-bond donors (Lipinski definition) is 2. The Hall–Kier alpha value is -1.56. The van der Waals surface area contributed by atoms with Gasteiger partial charge in [0.2, 0.25) is 5.91 Å². The van der Waals surface area contributed by atoms with Gasteiger partial charge in [-0.05, 0) is 26.3 Å². The minimum absolute atomic E-state index is 0.290. The minimum atomic E-state index is -0.290. The zero-order valence-corrected chi connectivity index (χ0v) is 10.5. The molecule has 1 heterocycles. The summed E-state index contributed by atoms with van der Waals surface area (Å²) in [5.74, 6) is 0.241. The maximum absolute atomic E-state index is 10.9. The van der Waals surface area contributed by atoms with E-state index in [1.807, 2.05) is 6.20 Å². The molecule has 17 heavy (non-hydrogen) atoms. The Labute approximate surface area is 102 Å². The number of nitrogens with two attached hydrogens (primary N) is 2. The number of rotatable bonds is 7. The summed E-state index contributed by atoms with van der Waals surface area (Å²) in [6, 6.07) is 2.08. The normalized spacial score (nSPS) is 11.3. The van der Waals surface area contributed by atoms with Crippen LogP contribution >= 0.6 is 0 Å². The lowest BCUT2D eigenvalue weighted by Crippen LogP contribution is -2.39. The summed E-state index contributed by atoms with van der Waals surface area (Å²) in [7, 11) is 0. The summed E-state index contributed by atoms with van der Waals surface area (Å²) in [6.45, 7) is 6.02. The lowest BCUT2D eigenvalue weighted by atomic mass is 10.3. The molecule has 0 atom stereocenters. The van der Waals surface area contributed by atoms with Crippen LogP contribution in [0.1, 0.15) is 20.3 Å². The van der Waals surface area contributed by atoms with E-state index < -0.39 is 0 Å². The maximum atomic E-state index is 10.9. The average molecular weight is 239 g/mol. The lowest BCUT2D eigenvalue weighted by Gasteiger charge is -2.24. The highest BCUT2D eigenvalue weighted by atomic mass is 16.1. The summed E-state index contributed by atoms with van der Waals surface area (Å²) in [6.07, 6.45) is 2.76. The van der Waals surface area contributed by atoms with Crippen molar-refractivity contribution in [3.63, 3.8) is 0 Å². The van der Waals surface area contributed by atoms with Gasteiger partial charge < -0.3 is 11.5 Å². The van der Waals surface area contributed by atoms with E-state index in [-0.39, 0.29) is 5.91 Å². The first-order valence-electron chi connectivity index (χ1n) is 5.80. The number of anilines is 1. The van der Waals surface area contributed by atoms with Gasteiger partial charge in [-0.15, -0.1) is 0 Å². The Balaban J connectivity index is 2.34. The molecule has 1 amide bonds. The van der Waals surface area contributed by atoms with Gasteiger partial charge in [-0.25, -0.2) is 0 Å². The second-order valence-electron chi connectivity index (χ2n) is 4.39. The smallest absolute Gasteiger partial charge is 0.231 e. The first kappa shape index (κ1) is 13.5. The van der Waals surface area contributed by atoms with E-state index in [0.29, 0.717) is 18.4 Å². The summed E-state index contributed by atoms with van der Waals surface area (Å²) in [4.78, 5) is 12.9. The Morgan fingerprint density at radius 2 is 2.29 bits per heavy atom. The molecular formula is C11H21N5O. The van der Waals surface area contributed by atoms with Crippen LogP contribution in [-0.2, 0) is 11.3 Å². The highest BCUT2D eigenvalue weighted by Crippen LogP contribution is 2.02. The van der Waals surface area contributed by atoms with Gasteiger partial charge in [0.05, 0.1) is 6.54 Å². The summed E-state index contributed by atoms with van der Waals surface area (Å²) < 4.78 is 1.80. The summed E-state index contributed by atoms with van der Waals surface area (Å²) >= 11 is 0. The fourth-order valence-electron chi connectivity index (χ4n) is 1.66. The van der Waals surface area contributed by atoms with Gasteiger partial charge in [-0.1, -0.05) is 0 Å². The molecule has 1 rings (SSSR count). The van der Waals surface area contributed by atoms with E-state index in [9.17, 15) is 4.79 Å². The van der Waals surface area contributed by atoms with Gasteiger partial charge in [-0.2, -0.15) is 5.10 Å². The molecule has 0 radical (unpaired) electrons. The van der Waals surface area contributed by atoms with Crippen LogP contribution in [0.3, 0.4) is 0 Å². The van der Waals surface area contributed by atoms with Gasteiger partial charge in [0.1, 0.15) is 5.82 Å². The number of nitrogens with zero attached hydrogens (tertiary/aromatic N) is 3. The summed E-state index contributed by atoms with van der Waals surface area (Å²) in [5, 5.41) is 4.10. The standard InChI is InChI=1S/C11H21N5O/c1-9(2)15(8-11(13)17)5-3-6-16-7-4-10(12)14-16/h4,7,9H,3,5-6,8H2,1-2H3,(H2,12,14)(H2,13,17). The topological polar surface area (TPSA) is 90.2 Å². The molecule has 0 unspecified atom stereocenters. The first-order valence-corrected chi connectivity index (χ1v) is 5.80. The number of aryl methyl sites for hydroxylation is 1. The van der Waals surface area contributed by atoms with Crippen LogP contribution in [0.2, 0.25) is 0 Å². The zero-order valence-electron chi connectivity index (χ0n) is 10.5. The van der Waals surface area contributed by atoms with E-state index in [1.165, 1.54) is 0 Å². The molecule has 0 aliphatic rings. The van der Waals surface area contributed by atoms with Gasteiger partial charge >= 0.3 is 0 Å². The van der Waals surface area contributed by atoms with Crippen molar-refractivity contribution in [3.8, 4) is 0 Å². The number of carbonyl (C=O) groups is 1. The van der Waals surface area contributed by atoms with Crippen molar-refractivity contribution in [1.29, 1.82) is 0 Å². The van der Waals surface area contributed by atoms with Gasteiger partial charge in [0.25, 0.3) is 0 Å². The van der Waals surface area contributed by atoms with Crippen LogP contribution in [0.5, 0.6) is 0 Å². The summed E-state index contributed by atoms with van der Waals surface area (Å²) in [5.41, 5.74) is 10.7. The maximum Gasteiger partial charge on any atom is 0.231 e. The average Bonchev–Trinajstić information content (AvgIpc) is 2.62. The Bertz CT molecular complexity index is 360. The molecule has 4 N–H and O–H groups in total. The molecule has 0 aliphatic carbocycles. The molecular weight excluding hydrogens is 218 g/mol. The number of carbonyl (C=O) groups excluding carboxylic acids is 1. The lowest BCUT2D eigenvalue weighted by molar-refractivity contribution is -0.119. The number of amides is 1. The van der Waals surface area contributed by atoms with Crippen molar-refractivity contribution < 1.29 is 4.79 Å². The van der Waals surface area contributed by atoms with Crippen molar-refractivity contribution in [3.05, 3.63) is 12.3 Å². The van der Waals surface area contributed by atoms with Crippen molar-refractivity contribution in [2.75, 3.05) is 18.8 Å². The SMILES string of the molecule is CC(C)N(CCCn1ccc(N)n1)CC(N)=O. The molecule has 96 valence electrons. The molecule has 0 fully saturated rings. The van der Waals surface area contributed by atoms with Crippen molar-refractivity contribution >= 4 is 11.7 Å². The van der Waals surface area contributed by atoms with E-state index in [2.05, 4.69) is 23.8 Å². The quantitative estimate of drug-likeness (QED) is 0.703. The highest BCUT2D eigenvalue weighted by Gasteiger charge is 2.11. The third-order valence-electron chi connectivity index (χ3n) is 2.58. The highest BCUT2D eigenvalue weighted by molar-refractivity contribution is 5.75. The van der Waals surface area contributed by atoms with Crippen molar-refractivity contribution in [2.45, 2.75) is 32.9 Å². The fourth-order valence-corrected chi connectivity index (χ4v) is 1.66. The van der Waals surface area contributed by atoms with Crippen molar-refractivity contribution in [2.24, 2.45) is 5.73 Å². The first-order chi connectivity index (χ1) is 7.99. The number of primary amides is 1. The molecule has 0 saturated heterocycles. The van der Waals surface area contributed by atoms with Crippen LogP contribution in [-0.4, -0.2) is 39.7 Å². The van der Waals surface area contributed by atoms with Crippen LogP contribution in [0.4, 0.5) is 5.82 Å². The molecule has 1 aromatic heterocycles. The van der Waals surface area contributed by atoms with Crippen LogP contribution < -0.4 is 11.5 Å². The van der Waals surface area contributed by atoms with E-state index >= 15 is 0 Å². The third kappa shape index (κ3) is 4.86. The molecule has 0 aliphatic heterocycles. The molecule has 6 heteroatoms. The molecule has 6 nitrogen and oxygen atoms in total. The predicted octanol–water partition coefficient (Wildman–Crippen LogP) is 0.0511. The fraction of sp³-hybridized carbons (Fsp3) is 0.636. The van der Waals surface area contributed by atoms with E-state index in [1.54, 1.807) is 10.7 Å². The minimum Gasteiger partial charge on any atom is -0.382 e. The second kappa shape index (κ2) is 6.24. The molecule has 0 spiro atoms. The number of hydrogen-bond acceptors (Lipinski definition) is 4. The zero-order chi connectivity index (χ0) is 12.8. The van der Waals surface area contributed by atoms with Gasteiger partial charge in [0.15, 0.2) is 0 Å². The molecule has 0 saturated carbocycles. The number of nitrogen functional groups attached to an aromatic ring is 1. The Kier molecular flexibility index (Phi) is 4.96. The van der Waals surface area contributed by atoms with E-state index in [0.717, 1.165) is 19.5 Å². The molecule has 0 aromatic carbocycles. The number of aromatic nitrogens is 2. The van der Waals surface area contributed by atoms with E-state index in [4.69, 9.17) is 11.5 Å². The van der Waals surface area contributed by atoms with Crippen LogP contribution in [0.25, 0.3) is 0 Å². The van der Waals surface area contributed by atoms with Gasteiger partial charge in [-0.3, -0.25) is 14.4 Å².